The Morgan fingerprint density at radius 2 is 1.57 bits per heavy atom. The Kier molecular flexibility index (Phi) is 5.15. The molecule has 0 amide bonds. The summed E-state index contributed by atoms with van der Waals surface area (Å²) in [6.45, 7) is 9.46. The summed E-state index contributed by atoms with van der Waals surface area (Å²) in [5.41, 5.74) is 1.38. The number of rotatable bonds is 4. The van der Waals surface area contributed by atoms with E-state index in [-0.39, 0.29) is 0 Å². The van der Waals surface area contributed by atoms with Crippen LogP contribution in [-0.4, -0.2) is 38.6 Å². The van der Waals surface area contributed by atoms with Crippen molar-refractivity contribution in [3.8, 4) is 0 Å². The van der Waals surface area contributed by atoms with Crippen LogP contribution in [0.5, 0.6) is 0 Å². The highest BCUT2D eigenvalue weighted by Crippen LogP contribution is 2.12. The van der Waals surface area contributed by atoms with Gasteiger partial charge in [0.05, 0.1) is 26.4 Å². The van der Waals surface area contributed by atoms with E-state index in [0.29, 0.717) is 12.2 Å². The largest absolute Gasteiger partial charge is 0.376 e. The average molecular weight is 200 g/mol. The minimum absolute atomic E-state index is 0.392. The van der Waals surface area contributed by atoms with Gasteiger partial charge in [-0.05, 0) is 20.8 Å². The van der Waals surface area contributed by atoms with Crippen molar-refractivity contribution in [2.45, 2.75) is 33.0 Å². The molecular weight excluding hydrogens is 180 g/mol. The van der Waals surface area contributed by atoms with E-state index in [9.17, 15) is 0 Å². The molecule has 0 aromatic carbocycles. The van der Waals surface area contributed by atoms with E-state index in [0.717, 1.165) is 26.4 Å². The molecule has 2 aliphatic rings. The second-order valence-electron chi connectivity index (χ2n) is 3.81. The monoisotopic (exact) mass is 200 g/mol. The molecule has 2 saturated heterocycles. The quantitative estimate of drug-likeness (QED) is 0.512. The van der Waals surface area contributed by atoms with Crippen molar-refractivity contribution < 1.29 is 14.2 Å². The molecule has 2 aliphatic heterocycles. The number of hydrogen-bond donors (Lipinski definition) is 0. The summed E-state index contributed by atoms with van der Waals surface area (Å²) in [6.07, 6.45) is 2.87. The summed E-state index contributed by atoms with van der Waals surface area (Å²) in [4.78, 5) is 0. The van der Waals surface area contributed by atoms with Crippen molar-refractivity contribution in [3.63, 3.8) is 0 Å². The summed E-state index contributed by atoms with van der Waals surface area (Å²) >= 11 is 0. The molecule has 2 rings (SSSR count). The zero-order chi connectivity index (χ0) is 10.4. The standard InChI is InChI=1S/C6H10O3.C5H10/c1(5-3-8-5)7-2-6-4-9-6;1-4-5(2)3/h5-6H,1-4H2;4H,1-3H3. The van der Waals surface area contributed by atoms with Gasteiger partial charge in [0.1, 0.15) is 12.2 Å². The molecule has 0 N–H and O–H groups in total. The zero-order valence-corrected chi connectivity index (χ0v) is 9.29. The number of allylic oxidation sites excluding steroid dienone is 2. The number of ether oxygens (including phenoxy) is 3. The Morgan fingerprint density at radius 3 is 1.79 bits per heavy atom. The van der Waals surface area contributed by atoms with Crippen molar-refractivity contribution in [1.82, 2.24) is 0 Å². The molecule has 2 heterocycles. The molecule has 0 radical (unpaired) electrons. The van der Waals surface area contributed by atoms with Crippen LogP contribution in [-0.2, 0) is 14.2 Å². The van der Waals surface area contributed by atoms with Gasteiger partial charge in [0, 0.05) is 0 Å². The van der Waals surface area contributed by atoms with Gasteiger partial charge in [0.15, 0.2) is 0 Å². The van der Waals surface area contributed by atoms with Gasteiger partial charge in [0.25, 0.3) is 0 Å². The first-order valence-electron chi connectivity index (χ1n) is 5.13. The Hall–Kier alpha value is -0.380. The van der Waals surface area contributed by atoms with Crippen LogP contribution in [0.15, 0.2) is 11.6 Å². The molecule has 0 saturated carbocycles. The summed E-state index contributed by atoms with van der Waals surface area (Å²) in [5.74, 6) is 0. The predicted octanol–water partition coefficient (Wildman–Crippen LogP) is 1.77. The van der Waals surface area contributed by atoms with E-state index in [1.165, 1.54) is 5.57 Å². The molecule has 0 bridgehead atoms. The van der Waals surface area contributed by atoms with E-state index >= 15 is 0 Å². The molecule has 0 spiro atoms. The molecule has 2 atom stereocenters. The zero-order valence-electron chi connectivity index (χ0n) is 9.29. The predicted molar refractivity (Wildman–Crippen MR) is 55.4 cm³/mol. The van der Waals surface area contributed by atoms with Gasteiger partial charge in [-0.15, -0.1) is 0 Å². The summed E-state index contributed by atoms with van der Waals surface area (Å²) < 4.78 is 15.1. The number of hydrogen-bond acceptors (Lipinski definition) is 3. The lowest BCUT2D eigenvalue weighted by atomic mass is 10.3. The fraction of sp³-hybridized carbons (Fsp3) is 0.818. The maximum Gasteiger partial charge on any atom is 0.104 e. The third-order valence-electron chi connectivity index (χ3n) is 1.99. The Balaban J connectivity index is 0.000000171. The lowest BCUT2D eigenvalue weighted by Crippen LogP contribution is -2.06. The van der Waals surface area contributed by atoms with Gasteiger partial charge in [-0.2, -0.15) is 0 Å². The van der Waals surface area contributed by atoms with Gasteiger partial charge in [-0.1, -0.05) is 11.6 Å². The van der Waals surface area contributed by atoms with Crippen molar-refractivity contribution in [3.05, 3.63) is 11.6 Å². The molecule has 3 heteroatoms. The van der Waals surface area contributed by atoms with Crippen LogP contribution < -0.4 is 0 Å². The third-order valence-corrected chi connectivity index (χ3v) is 1.99. The molecule has 0 aliphatic carbocycles. The van der Waals surface area contributed by atoms with Crippen LogP contribution in [0.1, 0.15) is 20.8 Å². The molecule has 14 heavy (non-hydrogen) atoms. The molecule has 2 fully saturated rings. The first-order chi connectivity index (χ1) is 6.72. The molecular formula is C11H20O3. The van der Waals surface area contributed by atoms with E-state index in [2.05, 4.69) is 19.9 Å². The molecule has 3 nitrogen and oxygen atoms in total. The normalized spacial score (nSPS) is 27.4. The summed E-state index contributed by atoms with van der Waals surface area (Å²) in [7, 11) is 0. The van der Waals surface area contributed by atoms with Crippen molar-refractivity contribution in [1.29, 1.82) is 0 Å². The van der Waals surface area contributed by atoms with E-state index in [1.54, 1.807) is 0 Å². The highest BCUT2D eigenvalue weighted by atomic mass is 16.6. The fourth-order valence-corrected chi connectivity index (χ4v) is 0.659. The lowest BCUT2D eigenvalue weighted by molar-refractivity contribution is 0.102. The van der Waals surface area contributed by atoms with E-state index in [4.69, 9.17) is 14.2 Å². The second kappa shape index (κ2) is 6.17. The first kappa shape index (κ1) is 11.7. The van der Waals surface area contributed by atoms with E-state index in [1.807, 2.05) is 6.92 Å². The summed E-state index contributed by atoms with van der Waals surface area (Å²) in [5, 5.41) is 0. The number of epoxide rings is 2. The van der Waals surface area contributed by atoms with E-state index < -0.39 is 0 Å². The first-order valence-corrected chi connectivity index (χ1v) is 5.13. The third kappa shape index (κ3) is 7.06. The Morgan fingerprint density at radius 1 is 1.21 bits per heavy atom. The maximum atomic E-state index is 5.23. The SMILES string of the molecule is C(OCC1CO1)C1CO1.CC=C(C)C. The molecule has 0 aromatic rings. The highest BCUT2D eigenvalue weighted by molar-refractivity contribution is 4.88. The lowest BCUT2D eigenvalue weighted by Gasteiger charge is -1.95. The van der Waals surface area contributed by atoms with Gasteiger partial charge in [-0.3, -0.25) is 0 Å². The highest BCUT2D eigenvalue weighted by Gasteiger charge is 2.26. The molecule has 2 unspecified atom stereocenters. The van der Waals surface area contributed by atoms with Gasteiger partial charge in [-0.25, -0.2) is 0 Å². The van der Waals surface area contributed by atoms with Gasteiger partial charge in [0.2, 0.25) is 0 Å². The van der Waals surface area contributed by atoms with Crippen LogP contribution in [0, 0.1) is 0 Å². The van der Waals surface area contributed by atoms with Crippen LogP contribution in [0.4, 0.5) is 0 Å². The Labute approximate surface area is 86.0 Å². The average Bonchev–Trinajstić information content (AvgIpc) is 2.99. The van der Waals surface area contributed by atoms with Crippen LogP contribution in [0.25, 0.3) is 0 Å². The van der Waals surface area contributed by atoms with Crippen LogP contribution in [0.3, 0.4) is 0 Å². The fourth-order valence-electron chi connectivity index (χ4n) is 0.659. The Bertz CT molecular complexity index is 165. The molecule has 0 aromatic heterocycles. The minimum atomic E-state index is 0.392. The van der Waals surface area contributed by atoms with Crippen molar-refractivity contribution >= 4 is 0 Å². The van der Waals surface area contributed by atoms with Gasteiger partial charge < -0.3 is 14.2 Å². The summed E-state index contributed by atoms with van der Waals surface area (Å²) in [6, 6.07) is 0. The second-order valence-corrected chi connectivity index (χ2v) is 3.81. The van der Waals surface area contributed by atoms with Crippen molar-refractivity contribution in [2.24, 2.45) is 0 Å². The van der Waals surface area contributed by atoms with Gasteiger partial charge >= 0.3 is 0 Å². The van der Waals surface area contributed by atoms with Crippen molar-refractivity contribution in [2.75, 3.05) is 26.4 Å². The smallest absolute Gasteiger partial charge is 0.104 e. The topological polar surface area (TPSA) is 34.3 Å². The molecule has 82 valence electrons. The minimum Gasteiger partial charge on any atom is -0.376 e. The van der Waals surface area contributed by atoms with Crippen LogP contribution >= 0.6 is 0 Å². The maximum absolute atomic E-state index is 5.23. The van der Waals surface area contributed by atoms with Crippen LogP contribution in [0.2, 0.25) is 0 Å².